The van der Waals surface area contributed by atoms with E-state index < -0.39 is 12.0 Å². The lowest BCUT2D eigenvalue weighted by Gasteiger charge is -2.08. The average molecular weight is 233 g/mol. The zero-order chi connectivity index (χ0) is 12.3. The molecule has 0 saturated carbocycles. The Morgan fingerprint density at radius 1 is 1.47 bits per heavy atom. The van der Waals surface area contributed by atoms with Gasteiger partial charge in [-0.05, 0) is 37.1 Å². The molecule has 0 aliphatic carbocycles. The molecule has 1 aromatic heterocycles. The van der Waals surface area contributed by atoms with Crippen LogP contribution in [0.15, 0.2) is 34.9 Å². The van der Waals surface area contributed by atoms with Gasteiger partial charge in [-0.25, -0.2) is 0 Å². The SMILES string of the molecule is CC(OCCc1ccc2occc2c1)C(N)=O. The number of carbonyl (C=O) groups excluding carboxylic acids is 1. The zero-order valence-electron chi connectivity index (χ0n) is 9.68. The molecule has 1 aromatic carbocycles. The van der Waals surface area contributed by atoms with E-state index in [1.54, 1.807) is 13.2 Å². The molecule has 1 atom stereocenters. The van der Waals surface area contributed by atoms with Crippen molar-refractivity contribution in [2.24, 2.45) is 5.73 Å². The van der Waals surface area contributed by atoms with E-state index in [0.717, 1.165) is 23.0 Å². The van der Waals surface area contributed by atoms with Gasteiger partial charge in [0.2, 0.25) is 5.91 Å². The van der Waals surface area contributed by atoms with Crippen molar-refractivity contribution in [3.63, 3.8) is 0 Å². The van der Waals surface area contributed by atoms with Gasteiger partial charge in [-0.1, -0.05) is 6.07 Å². The molecule has 0 bridgehead atoms. The summed E-state index contributed by atoms with van der Waals surface area (Å²) in [5.41, 5.74) is 7.12. The molecule has 1 heterocycles. The smallest absolute Gasteiger partial charge is 0.246 e. The van der Waals surface area contributed by atoms with Gasteiger partial charge in [-0.3, -0.25) is 4.79 Å². The molecule has 1 amide bonds. The number of amides is 1. The molecule has 0 fully saturated rings. The third-order valence-electron chi connectivity index (χ3n) is 2.68. The molecule has 0 aliphatic heterocycles. The monoisotopic (exact) mass is 233 g/mol. The summed E-state index contributed by atoms with van der Waals surface area (Å²) in [6, 6.07) is 7.90. The number of hydrogen-bond acceptors (Lipinski definition) is 3. The molecule has 0 saturated heterocycles. The highest BCUT2D eigenvalue weighted by atomic mass is 16.5. The first kappa shape index (κ1) is 11.7. The summed E-state index contributed by atoms with van der Waals surface area (Å²) in [4.78, 5) is 10.8. The van der Waals surface area contributed by atoms with E-state index in [2.05, 4.69) is 6.07 Å². The third-order valence-corrected chi connectivity index (χ3v) is 2.68. The van der Waals surface area contributed by atoms with E-state index in [9.17, 15) is 4.79 Å². The molecule has 1 unspecified atom stereocenters. The molecular formula is C13H15NO3. The van der Waals surface area contributed by atoms with Gasteiger partial charge in [0.15, 0.2) is 0 Å². The van der Waals surface area contributed by atoms with E-state index in [-0.39, 0.29) is 0 Å². The molecule has 4 heteroatoms. The molecule has 4 nitrogen and oxygen atoms in total. The lowest BCUT2D eigenvalue weighted by molar-refractivity contribution is -0.128. The van der Waals surface area contributed by atoms with Gasteiger partial charge in [0.1, 0.15) is 11.7 Å². The van der Waals surface area contributed by atoms with E-state index >= 15 is 0 Å². The van der Waals surface area contributed by atoms with Crippen molar-refractivity contribution in [2.45, 2.75) is 19.4 Å². The van der Waals surface area contributed by atoms with Gasteiger partial charge in [0, 0.05) is 5.39 Å². The summed E-state index contributed by atoms with van der Waals surface area (Å²) in [6.07, 6.45) is 1.88. The molecule has 0 aliphatic rings. The Balaban J connectivity index is 1.92. The minimum atomic E-state index is -0.535. The van der Waals surface area contributed by atoms with Crippen molar-refractivity contribution in [2.75, 3.05) is 6.61 Å². The average Bonchev–Trinajstić information content (AvgIpc) is 2.75. The number of primary amides is 1. The van der Waals surface area contributed by atoms with Crippen LogP contribution >= 0.6 is 0 Å². The number of carbonyl (C=O) groups is 1. The first-order valence-electron chi connectivity index (χ1n) is 5.54. The van der Waals surface area contributed by atoms with Crippen molar-refractivity contribution in [1.29, 1.82) is 0 Å². The quantitative estimate of drug-likeness (QED) is 0.857. The maximum Gasteiger partial charge on any atom is 0.246 e. The number of furan rings is 1. The Morgan fingerprint density at radius 2 is 2.29 bits per heavy atom. The van der Waals surface area contributed by atoms with E-state index in [1.807, 2.05) is 18.2 Å². The van der Waals surface area contributed by atoms with Crippen molar-refractivity contribution in [1.82, 2.24) is 0 Å². The maximum absolute atomic E-state index is 10.8. The molecule has 2 rings (SSSR count). The first-order valence-corrected chi connectivity index (χ1v) is 5.54. The van der Waals surface area contributed by atoms with Crippen molar-refractivity contribution in [3.05, 3.63) is 36.1 Å². The first-order chi connectivity index (χ1) is 8.16. The molecule has 90 valence electrons. The zero-order valence-corrected chi connectivity index (χ0v) is 9.68. The van der Waals surface area contributed by atoms with Crippen LogP contribution in [0.3, 0.4) is 0 Å². The highest BCUT2D eigenvalue weighted by Gasteiger charge is 2.08. The van der Waals surface area contributed by atoms with Crippen LogP contribution < -0.4 is 5.73 Å². The second-order valence-corrected chi connectivity index (χ2v) is 3.96. The highest BCUT2D eigenvalue weighted by molar-refractivity contribution is 5.78. The standard InChI is InChI=1S/C13H15NO3/c1-9(13(14)15)16-6-4-10-2-3-12-11(8-10)5-7-17-12/h2-3,5,7-9H,4,6H2,1H3,(H2,14,15). The molecule has 2 aromatic rings. The summed E-state index contributed by atoms with van der Waals surface area (Å²) in [7, 11) is 0. The number of fused-ring (bicyclic) bond motifs is 1. The van der Waals surface area contributed by atoms with Crippen molar-refractivity contribution >= 4 is 16.9 Å². The number of nitrogens with two attached hydrogens (primary N) is 1. The van der Waals surface area contributed by atoms with Crippen LogP contribution in [0, 0.1) is 0 Å². The molecule has 17 heavy (non-hydrogen) atoms. The van der Waals surface area contributed by atoms with Gasteiger partial charge in [0.05, 0.1) is 12.9 Å². The van der Waals surface area contributed by atoms with Gasteiger partial charge in [-0.2, -0.15) is 0 Å². The Hall–Kier alpha value is -1.81. The fraction of sp³-hybridized carbons (Fsp3) is 0.308. The predicted molar refractivity (Wildman–Crippen MR) is 64.5 cm³/mol. The van der Waals surface area contributed by atoms with Crippen LogP contribution in [0.4, 0.5) is 0 Å². The van der Waals surface area contributed by atoms with Gasteiger partial charge >= 0.3 is 0 Å². The summed E-state index contributed by atoms with van der Waals surface area (Å²) in [5.74, 6) is -0.435. The van der Waals surface area contributed by atoms with E-state index in [4.69, 9.17) is 14.9 Å². The Morgan fingerprint density at radius 3 is 3.06 bits per heavy atom. The Kier molecular flexibility index (Phi) is 3.44. The van der Waals surface area contributed by atoms with E-state index in [0.29, 0.717) is 6.61 Å². The number of rotatable bonds is 5. The van der Waals surface area contributed by atoms with Crippen LogP contribution in [-0.4, -0.2) is 18.6 Å². The van der Waals surface area contributed by atoms with Crippen LogP contribution in [0.25, 0.3) is 11.0 Å². The second-order valence-electron chi connectivity index (χ2n) is 3.96. The van der Waals surface area contributed by atoms with Crippen LogP contribution in [0.2, 0.25) is 0 Å². The minimum Gasteiger partial charge on any atom is -0.464 e. The molecule has 0 radical (unpaired) electrons. The number of ether oxygens (including phenoxy) is 1. The Bertz CT molecular complexity index is 518. The fourth-order valence-electron chi connectivity index (χ4n) is 1.61. The Labute approximate surface area is 99.3 Å². The van der Waals surface area contributed by atoms with Gasteiger partial charge in [0.25, 0.3) is 0 Å². The molecule has 2 N–H and O–H groups in total. The lowest BCUT2D eigenvalue weighted by Crippen LogP contribution is -2.28. The van der Waals surface area contributed by atoms with Gasteiger partial charge < -0.3 is 14.9 Å². The highest BCUT2D eigenvalue weighted by Crippen LogP contribution is 2.17. The topological polar surface area (TPSA) is 65.5 Å². The normalized spacial score (nSPS) is 12.8. The van der Waals surface area contributed by atoms with Gasteiger partial charge in [-0.15, -0.1) is 0 Å². The summed E-state index contributed by atoms with van der Waals surface area (Å²) < 4.78 is 10.6. The van der Waals surface area contributed by atoms with Crippen LogP contribution in [0.5, 0.6) is 0 Å². The molecular weight excluding hydrogens is 218 g/mol. The molecule has 0 spiro atoms. The number of benzene rings is 1. The van der Waals surface area contributed by atoms with E-state index in [1.165, 1.54) is 0 Å². The maximum atomic E-state index is 10.8. The summed E-state index contributed by atoms with van der Waals surface area (Å²) >= 11 is 0. The minimum absolute atomic E-state index is 0.435. The van der Waals surface area contributed by atoms with Crippen LogP contribution in [-0.2, 0) is 16.0 Å². The summed E-state index contributed by atoms with van der Waals surface area (Å²) in [5, 5.41) is 1.07. The summed E-state index contributed by atoms with van der Waals surface area (Å²) in [6.45, 7) is 2.13. The van der Waals surface area contributed by atoms with Crippen molar-refractivity contribution in [3.8, 4) is 0 Å². The predicted octanol–water partition coefficient (Wildman–Crippen LogP) is 1.87. The third kappa shape index (κ3) is 2.85. The number of hydrogen-bond donors (Lipinski definition) is 1. The fourth-order valence-corrected chi connectivity index (χ4v) is 1.61. The van der Waals surface area contributed by atoms with Crippen molar-refractivity contribution < 1.29 is 13.9 Å². The lowest BCUT2D eigenvalue weighted by atomic mass is 10.1. The largest absolute Gasteiger partial charge is 0.464 e. The second kappa shape index (κ2) is 5.01. The van der Waals surface area contributed by atoms with Crippen LogP contribution in [0.1, 0.15) is 12.5 Å².